The van der Waals surface area contributed by atoms with Crippen LogP contribution >= 0.6 is 0 Å². The van der Waals surface area contributed by atoms with E-state index in [-0.39, 0.29) is 0 Å². The van der Waals surface area contributed by atoms with Gasteiger partial charge in [0, 0.05) is 27.7 Å². The zero-order valence-corrected chi connectivity index (χ0v) is 18.4. The third-order valence-corrected chi connectivity index (χ3v) is 4.52. The van der Waals surface area contributed by atoms with Gasteiger partial charge in [0.1, 0.15) is 12.7 Å². The first-order chi connectivity index (χ1) is 15.3. The molecule has 5 atom stereocenters. The molecule has 1 aromatic rings. The van der Waals surface area contributed by atoms with Gasteiger partial charge in [-0.15, -0.1) is 0 Å². The second kappa shape index (κ2) is 10.4. The molecule has 182 valence electrons. The van der Waals surface area contributed by atoms with Crippen LogP contribution < -0.4 is 11.2 Å². The fraction of sp³-hybridized carbons (Fsp3) is 0.579. The monoisotopic (exact) mass is 474 g/mol. The number of nitrogens with one attached hydrogen (secondary N) is 1. The molecule has 14 heteroatoms. The van der Waals surface area contributed by atoms with E-state index in [2.05, 4.69) is 0 Å². The molecule has 1 aliphatic rings. The summed E-state index contributed by atoms with van der Waals surface area (Å²) in [6, 6.07) is 0. The Labute approximate surface area is 185 Å². The van der Waals surface area contributed by atoms with Crippen molar-refractivity contribution in [3.8, 4) is 0 Å². The molecular weight excluding hydrogens is 451 g/mol. The summed E-state index contributed by atoms with van der Waals surface area (Å²) in [5.41, 5.74) is -2.74. The fourth-order valence-electron chi connectivity index (χ4n) is 3.26. The number of halogens is 1. The average molecular weight is 474 g/mol. The molecular formula is C19H23FN2O11. The molecule has 1 aromatic heterocycles. The molecule has 0 amide bonds. The van der Waals surface area contributed by atoms with Crippen molar-refractivity contribution >= 4 is 23.9 Å². The van der Waals surface area contributed by atoms with Crippen LogP contribution in [-0.2, 0) is 42.9 Å². The molecule has 0 spiro atoms. The van der Waals surface area contributed by atoms with Gasteiger partial charge < -0.3 is 23.7 Å². The lowest BCUT2D eigenvalue weighted by Crippen LogP contribution is -2.62. The molecule has 2 rings (SSSR count). The van der Waals surface area contributed by atoms with Gasteiger partial charge in [0.15, 0.2) is 24.5 Å². The molecule has 1 aliphatic heterocycles. The zero-order valence-electron chi connectivity index (χ0n) is 18.4. The molecule has 1 fully saturated rings. The highest BCUT2D eigenvalue weighted by Crippen LogP contribution is 2.34. The fourth-order valence-corrected chi connectivity index (χ4v) is 3.26. The van der Waals surface area contributed by atoms with E-state index < -0.39 is 83.9 Å². The van der Waals surface area contributed by atoms with E-state index in [0.717, 1.165) is 34.6 Å². The number of aromatic amines is 1. The van der Waals surface area contributed by atoms with Gasteiger partial charge in [-0.25, -0.2) is 9.36 Å². The Hall–Kier alpha value is -3.55. The Kier molecular flexibility index (Phi) is 8.08. The van der Waals surface area contributed by atoms with Crippen molar-refractivity contribution in [3.63, 3.8) is 0 Å². The summed E-state index contributed by atoms with van der Waals surface area (Å²) in [6.45, 7) is 4.66. The molecule has 0 aliphatic carbocycles. The van der Waals surface area contributed by atoms with Crippen molar-refractivity contribution < 1.29 is 47.3 Å². The number of H-pyrrole nitrogens is 1. The predicted octanol–water partition coefficient (Wildman–Crippen LogP) is -0.760. The van der Waals surface area contributed by atoms with Gasteiger partial charge in [0.25, 0.3) is 5.56 Å². The summed E-state index contributed by atoms with van der Waals surface area (Å²) in [5, 5.41) is 0. The van der Waals surface area contributed by atoms with Crippen LogP contribution in [0.3, 0.4) is 0 Å². The van der Waals surface area contributed by atoms with Gasteiger partial charge >= 0.3 is 29.6 Å². The number of carbonyl (C=O) groups excluding carboxylic acids is 4. The Morgan fingerprint density at radius 1 is 0.909 bits per heavy atom. The largest absolute Gasteiger partial charge is 0.463 e. The number of carbonyl (C=O) groups is 4. The molecule has 0 aromatic carbocycles. The quantitative estimate of drug-likeness (QED) is 0.312. The molecule has 1 saturated heterocycles. The number of ether oxygens (including phenoxy) is 5. The SMILES string of the molecule is CC(=O)OC[C@@H]1O[C@@H](n2c(F)c(C)c(=O)[nH]c2=O)[C@H](OC(C)=O)[C@H](OC(C)=O)[C@@H]1OC(C)=O. The van der Waals surface area contributed by atoms with E-state index in [0.29, 0.717) is 4.57 Å². The summed E-state index contributed by atoms with van der Waals surface area (Å²) >= 11 is 0. The standard InChI is InChI=1S/C19H23FN2O11/c1-7-16(20)22(19(28)21-17(7)27)18-15(32-11(5)26)14(31-10(4)25)13(30-9(3)24)12(33-18)6-29-8(2)23/h12-15,18H,6H2,1-5H3,(H,21,27,28)/t12-,13+,14+,15+,18+/m0/s1. The van der Waals surface area contributed by atoms with E-state index in [1.54, 1.807) is 0 Å². The lowest BCUT2D eigenvalue weighted by Gasteiger charge is -2.44. The number of hydrogen-bond acceptors (Lipinski definition) is 11. The van der Waals surface area contributed by atoms with Crippen molar-refractivity contribution in [2.24, 2.45) is 0 Å². The highest BCUT2D eigenvalue weighted by Gasteiger charge is 2.53. The minimum Gasteiger partial charge on any atom is -0.463 e. The molecule has 0 unspecified atom stereocenters. The minimum absolute atomic E-state index is 0.353. The number of aromatic nitrogens is 2. The van der Waals surface area contributed by atoms with Gasteiger partial charge in [0.05, 0.1) is 5.56 Å². The second-order valence-electron chi connectivity index (χ2n) is 7.13. The first-order valence-corrected chi connectivity index (χ1v) is 9.64. The molecule has 0 saturated carbocycles. The van der Waals surface area contributed by atoms with E-state index >= 15 is 4.39 Å². The lowest BCUT2D eigenvalue weighted by molar-refractivity contribution is -0.270. The lowest BCUT2D eigenvalue weighted by atomic mass is 9.97. The molecule has 13 nitrogen and oxygen atoms in total. The maximum absolute atomic E-state index is 15.0. The van der Waals surface area contributed by atoms with Crippen LogP contribution in [0.15, 0.2) is 9.59 Å². The number of esters is 4. The van der Waals surface area contributed by atoms with Crippen molar-refractivity contribution in [1.29, 1.82) is 0 Å². The van der Waals surface area contributed by atoms with Crippen LogP contribution in [0.5, 0.6) is 0 Å². The van der Waals surface area contributed by atoms with E-state index in [4.69, 9.17) is 23.7 Å². The topological polar surface area (TPSA) is 169 Å². The first kappa shape index (κ1) is 25.7. The summed E-state index contributed by atoms with van der Waals surface area (Å²) < 4.78 is 41.5. The van der Waals surface area contributed by atoms with Crippen molar-refractivity contribution in [2.75, 3.05) is 6.61 Å². The summed E-state index contributed by atoms with van der Waals surface area (Å²) in [5.74, 6) is -4.74. The van der Waals surface area contributed by atoms with Crippen LogP contribution in [0.2, 0.25) is 0 Å². The van der Waals surface area contributed by atoms with Crippen LogP contribution in [-0.4, -0.2) is 64.5 Å². The van der Waals surface area contributed by atoms with Crippen LogP contribution in [0.25, 0.3) is 0 Å². The Morgan fingerprint density at radius 2 is 1.42 bits per heavy atom. The van der Waals surface area contributed by atoms with Crippen LogP contribution in [0.4, 0.5) is 4.39 Å². The van der Waals surface area contributed by atoms with E-state index in [1.807, 2.05) is 4.98 Å². The first-order valence-electron chi connectivity index (χ1n) is 9.64. The maximum Gasteiger partial charge on any atom is 0.332 e. The minimum atomic E-state index is -1.81. The zero-order chi connectivity index (χ0) is 25.0. The number of nitrogens with zero attached hydrogens (tertiary/aromatic N) is 1. The maximum atomic E-state index is 15.0. The highest BCUT2D eigenvalue weighted by molar-refractivity contribution is 5.68. The van der Waals surface area contributed by atoms with Gasteiger partial charge in [-0.2, -0.15) is 4.39 Å². The van der Waals surface area contributed by atoms with Crippen molar-refractivity contribution in [1.82, 2.24) is 9.55 Å². The summed E-state index contributed by atoms with van der Waals surface area (Å²) in [4.78, 5) is 72.8. The molecule has 0 radical (unpaired) electrons. The van der Waals surface area contributed by atoms with Gasteiger partial charge in [0.2, 0.25) is 5.95 Å². The Bertz CT molecular complexity index is 1060. The van der Waals surface area contributed by atoms with Gasteiger partial charge in [-0.05, 0) is 6.92 Å². The summed E-state index contributed by atoms with van der Waals surface area (Å²) in [6.07, 6.45) is -7.99. The average Bonchev–Trinajstić information content (AvgIpc) is 2.68. The number of rotatable bonds is 6. The Morgan fingerprint density at radius 3 is 1.94 bits per heavy atom. The van der Waals surface area contributed by atoms with E-state index in [9.17, 15) is 28.8 Å². The van der Waals surface area contributed by atoms with Gasteiger partial charge in [-0.1, -0.05) is 0 Å². The summed E-state index contributed by atoms with van der Waals surface area (Å²) in [7, 11) is 0. The van der Waals surface area contributed by atoms with Crippen LogP contribution in [0, 0.1) is 12.9 Å². The normalized spacial score (nSPS) is 24.5. The predicted molar refractivity (Wildman–Crippen MR) is 103 cm³/mol. The Balaban J connectivity index is 2.72. The molecule has 33 heavy (non-hydrogen) atoms. The third kappa shape index (κ3) is 6.03. The van der Waals surface area contributed by atoms with Crippen LogP contribution in [0.1, 0.15) is 39.5 Å². The number of hydrogen-bond donors (Lipinski definition) is 1. The molecule has 2 heterocycles. The van der Waals surface area contributed by atoms with Gasteiger partial charge in [-0.3, -0.25) is 29.0 Å². The molecule has 0 bridgehead atoms. The van der Waals surface area contributed by atoms with E-state index in [1.165, 1.54) is 0 Å². The molecule has 1 N–H and O–H groups in total. The third-order valence-electron chi connectivity index (χ3n) is 4.52. The second-order valence-corrected chi connectivity index (χ2v) is 7.13. The van der Waals surface area contributed by atoms with Crippen molar-refractivity contribution in [3.05, 3.63) is 32.3 Å². The smallest absolute Gasteiger partial charge is 0.332 e. The highest BCUT2D eigenvalue weighted by atomic mass is 19.1. The van der Waals surface area contributed by atoms with Crippen molar-refractivity contribution in [2.45, 2.75) is 65.3 Å².